The van der Waals surface area contributed by atoms with Crippen LogP contribution in [0.5, 0.6) is 0 Å². The zero-order valence-electron chi connectivity index (χ0n) is 16.0. The first-order valence-corrected chi connectivity index (χ1v) is 9.55. The number of para-hydroxylation sites is 1. The van der Waals surface area contributed by atoms with E-state index in [2.05, 4.69) is 11.7 Å². The zero-order chi connectivity index (χ0) is 20.5. The van der Waals surface area contributed by atoms with Gasteiger partial charge in [-0.15, -0.1) is 11.7 Å². The van der Waals surface area contributed by atoms with Crippen molar-refractivity contribution in [2.24, 2.45) is 0 Å². The quantitative estimate of drug-likeness (QED) is 0.361. The highest BCUT2D eigenvalue weighted by molar-refractivity contribution is 7.71. The third-order valence-corrected chi connectivity index (χ3v) is 5.11. The van der Waals surface area contributed by atoms with E-state index in [4.69, 9.17) is 12.2 Å². The highest BCUT2D eigenvalue weighted by Gasteiger charge is 2.15. The first-order valence-electron chi connectivity index (χ1n) is 9.14. The van der Waals surface area contributed by atoms with Gasteiger partial charge in [0, 0.05) is 13.1 Å². The molecule has 0 radical (unpaired) electrons. The molecule has 0 aliphatic heterocycles. The molecule has 148 valence electrons. The Kier molecular flexibility index (Phi) is 5.12. The molecule has 29 heavy (non-hydrogen) atoms. The minimum atomic E-state index is -0.264. The van der Waals surface area contributed by atoms with Crippen LogP contribution in [0, 0.1) is 10.6 Å². The van der Waals surface area contributed by atoms with Crippen molar-refractivity contribution in [3.8, 4) is 0 Å². The number of hydrogen-bond acceptors (Lipinski definition) is 4. The van der Waals surface area contributed by atoms with E-state index in [0.29, 0.717) is 35.7 Å². The summed E-state index contributed by atoms with van der Waals surface area (Å²) in [6.45, 7) is 5.01. The molecule has 0 fully saturated rings. The lowest BCUT2D eigenvalue weighted by molar-refractivity contribution is 0.244. The molecular weight excluding hydrogens is 389 g/mol. The van der Waals surface area contributed by atoms with Gasteiger partial charge in [0.2, 0.25) is 10.5 Å². The van der Waals surface area contributed by atoms with E-state index in [0.717, 1.165) is 11.1 Å². The number of fused-ring (bicyclic) bond motifs is 3. The van der Waals surface area contributed by atoms with Crippen molar-refractivity contribution in [3.05, 3.63) is 87.7 Å². The fourth-order valence-corrected chi connectivity index (χ4v) is 3.76. The van der Waals surface area contributed by atoms with Crippen LogP contribution in [-0.4, -0.2) is 30.7 Å². The Morgan fingerprint density at radius 3 is 2.79 bits per heavy atom. The van der Waals surface area contributed by atoms with Crippen molar-refractivity contribution >= 4 is 28.9 Å². The summed E-state index contributed by atoms with van der Waals surface area (Å²) in [4.78, 5) is 14.9. The van der Waals surface area contributed by atoms with Crippen LogP contribution in [0.4, 0.5) is 4.39 Å². The molecule has 0 unspecified atom stereocenters. The Bertz CT molecular complexity index is 1340. The lowest BCUT2D eigenvalue weighted by Crippen LogP contribution is -2.23. The SMILES string of the molecule is C=CCn1c(=O)c2ccccc2n2c(=S)n(CN(C)Cc3cccc(F)c3)nc12. The highest BCUT2D eigenvalue weighted by atomic mass is 32.1. The molecule has 0 saturated heterocycles. The van der Waals surface area contributed by atoms with Gasteiger partial charge in [-0.05, 0) is 49.1 Å². The molecule has 2 heterocycles. The van der Waals surface area contributed by atoms with Crippen LogP contribution in [0.3, 0.4) is 0 Å². The summed E-state index contributed by atoms with van der Waals surface area (Å²) in [5.41, 5.74) is 1.45. The molecule has 0 bridgehead atoms. The molecule has 2 aromatic heterocycles. The zero-order valence-corrected chi connectivity index (χ0v) is 16.8. The fraction of sp³-hybridized carbons (Fsp3) is 0.190. The normalized spacial score (nSPS) is 11.6. The van der Waals surface area contributed by atoms with Crippen molar-refractivity contribution in [1.82, 2.24) is 23.6 Å². The maximum absolute atomic E-state index is 13.5. The van der Waals surface area contributed by atoms with Crippen molar-refractivity contribution < 1.29 is 4.39 Å². The van der Waals surface area contributed by atoms with E-state index in [9.17, 15) is 9.18 Å². The number of allylic oxidation sites excluding steroid dienone is 1. The van der Waals surface area contributed by atoms with Gasteiger partial charge in [0.05, 0.1) is 17.6 Å². The monoisotopic (exact) mass is 409 g/mol. The predicted molar refractivity (Wildman–Crippen MR) is 114 cm³/mol. The first kappa shape index (κ1) is 19.2. The summed E-state index contributed by atoms with van der Waals surface area (Å²) >= 11 is 5.68. The second-order valence-corrected chi connectivity index (χ2v) is 7.29. The Hall–Kier alpha value is -3.10. The van der Waals surface area contributed by atoms with Crippen LogP contribution in [-0.2, 0) is 19.8 Å². The molecule has 4 aromatic rings. The molecule has 0 spiro atoms. The number of nitrogens with zero attached hydrogens (tertiary/aromatic N) is 5. The van der Waals surface area contributed by atoms with Gasteiger partial charge in [-0.2, -0.15) is 0 Å². The molecule has 0 aliphatic carbocycles. The standard InChI is InChI=1S/C21H20FN5OS/c1-3-11-25-19(28)17-9-4-5-10-18(17)27-20(25)23-26(21(27)29)14-24(2)13-15-7-6-8-16(22)12-15/h3-10,12H,1,11,13-14H2,2H3. The van der Waals surface area contributed by atoms with Crippen molar-refractivity contribution in [2.75, 3.05) is 7.05 Å². The van der Waals surface area contributed by atoms with Crippen molar-refractivity contribution in [3.63, 3.8) is 0 Å². The van der Waals surface area contributed by atoms with Crippen LogP contribution in [0.25, 0.3) is 16.7 Å². The largest absolute Gasteiger partial charge is 0.283 e. The minimum absolute atomic E-state index is 0.131. The second kappa shape index (κ2) is 7.73. The summed E-state index contributed by atoms with van der Waals surface area (Å²) in [5, 5.41) is 5.19. The molecule has 2 aromatic carbocycles. The van der Waals surface area contributed by atoms with Crippen molar-refractivity contribution in [2.45, 2.75) is 19.8 Å². The average Bonchev–Trinajstić information content (AvgIpc) is 3.01. The smallest absolute Gasteiger partial charge is 0.263 e. The van der Waals surface area contributed by atoms with Crippen LogP contribution >= 0.6 is 12.2 Å². The Morgan fingerprint density at radius 1 is 1.24 bits per heavy atom. The van der Waals surface area contributed by atoms with Gasteiger partial charge >= 0.3 is 0 Å². The number of hydrogen-bond donors (Lipinski definition) is 0. The van der Waals surface area contributed by atoms with Gasteiger partial charge in [0.1, 0.15) is 5.82 Å². The first-order chi connectivity index (χ1) is 14.0. The molecule has 8 heteroatoms. The van der Waals surface area contributed by atoms with Gasteiger partial charge in [0.15, 0.2) is 0 Å². The van der Waals surface area contributed by atoms with Crippen LogP contribution < -0.4 is 5.56 Å². The van der Waals surface area contributed by atoms with Gasteiger partial charge in [-0.25, -0.2) is 9.07 Å². The topological polar surface area (TPSA) is 47.5 Å². The van der Waals surface area contributed by atoms with Gasteiger partial charge in [-0.1, -0.05) is 30.3 Å². The molecule has 0 saturated carbocycles. The lowest BCUT2D eigenvalue weighted by Gasteiger charge is -2.16. The summed E-state index contributed by atoms with van der Waals surface area (Å²) in [5.74, 6) is 0.206. The average molecular weight is 409 g/mol. The third kappa shape index (κ3) is 3.52. The number of rotatable bonds is 6. The summed E-state index contributed by atoms with van der Waals surface area (Å²) in [6.07, 6.45) is 1.66. The van der Waals surface area contributed by atoms with Gasteiger partial charge in [0.25, 0.3) is 5.56 Å². The van der Waals surface area contributed by atoms with Gasteiger partial charge in [-0.3, -0.25) is 18.7 Å². The van der Waals surface area contributed by atoms with Crippen molar-refractivity contribution in [1.29, 1.82) is 0 Å². The van der Waals surface area contributed by atoms with E-state index in [1.807, 2.05) is 40.6 Å². The highest BCUT2D eigenvalue weighted by Crippen LogP contribution is 2.15. The molecule has 6 nitrogen and oxygen atoms in total. The van der Waals surface area contributed by atoms with E-state index in [1.165, 1.54) is 12.1 Å². The molecule has 0 amide bonds. The maximum atomic E-state index is 13.5. The Morgan fingerprint density at radius 2 is 2.03 bits per heavy atom. The molecule has 0 N–H and O–H groups in total. The van der Waals surface area contributed by atoms with Crippen LogP contribution in [0.2, 0.25) is 0 Å². The molecular formula is C21H20FN5OS. The summed E-state index contributed by atoms with van der Waals surface area (Å²) in [6, 6.07) is 13.8. The predicted octanol–water partition coefficient (Wildman–Crippen LogP) is 3.59. The Labute approximate surface area is 171 Å². The molecule has 0 aliphatic rings. The van der Waals surface area contributed by atoms with E-state index in [1.54, 1.807) is 27.5 Å². The van der Waals surface area contributed by atoms with Gasteiger partial charge < -0.3 is 0 Å². The maximum Gasteiger partial charge on any atom is 0.263 e. The van der Waals surface area contributed by atoms with E-state index in [-0.39, 0.29) is 11.4 Å². The number of aromatic nitrogens is 4. The van der Waals surface area contributed by atoms with E-state index < -0.39 is 0 Å². The number of benzene rings is 2. The molecule has 0 atom stereocenters. The van der Waals surface area contributed by atoms with Crippen LogP contribution in [0.1, 0.15) is 5.56 Å². The fourth-order valence-electron chi connectivity index (χ4n) is 3.48. The number of halogens is 1. The van der Waals surface area contributed by atoms with Crippen LogP contribution in [0.15, 0.2) is 66.0 Å². The second-order valence-electron chi connectivity index (χ2n) is 6.92. The van der Waals surface area contributed by atoms with E-state index >= 15 is 0 Å². The lowest BCUT2D eigenvalue weighted by atomic mass is 10.2. The third-order valence-electron chi connectivity index (χ3n) is 4.71. The summed E-state index contributed by atoms with van der Waals surface area (Å²) in [7, 11) is 1.91. The molecule has 4 rings (SSSR count). The summed E-state index contributed by atoms with van der Waals surface area (Å²) < 4.78 is 19.0. The minimum Gasteiger partial charge on any atom is -0.283 e. The Balaban J connectivity index is 1.80.